The van der Waals surface area contributed by atoms with E-state index in [0.717, 1.165) is 12.1 Å². The van der Waals surface area contributed by atoms with Crippen molar-refractivity contribution >= 4 is 22.7 Å². The monoisotopic (exact) mass is 476 g/mol. The summed E-state index contributed by atoms with van der Waals surface area (Å²) in [5, 5.41) is 4.89. The topological polar surface area (TPSA) is 83.0 Å². The van der Waals surface area contributed by atoms with Gasteiger partial charge in [-0.05, 0) is 30.7 Å². The molecule has 2 aromatic heterocycles. The molecule has 0 saturated carbocycles. The van der Waals surface area contributed by atoms with Gasteiger partial charge in [0.1, 0.15) is 0 Å². The molecule has 33 heavy (non-hydrogen) atoms. The Morgan fingerprint density at radius 3 is 2.58 bits per heavy atom. The molecule has 0 N–H and O–H groups in total. The van der Waals surface area contributed by atoms with E-state index in [1.807, 2.05) is 6.07 Å². The standard InChI is InChI=1S/C22H19F3N4O3S/c1-31-12-4-11-29-20(30)16-5-2-3-6-17(16)26-21(29)33-13-18-27-19(28-32-18)14-7-9-15(10-8-14)22(23,24)25/h2-3,5-10H,4,11-13H2,1H3. The van der Waals surface area contributed by atoms with E-state index in [-0.39, 0.29) is 23.0 Å². The van der Waals surface area contributed by atoms with Gasteiger partial charge in [0.25, 0.3) is 5.56 Å². The zero-order valence-electron chi connectivity index (χ0n) is 17.5. The number of para-hydroxylation sites is 1. The molecule has 2 heterocycles. The number of halogens is 3. The van der Waals surface area contributed by atoms with Crippen molar-refractivity contribution in [2.45, 2.75) is 30.1 Å². The Morgan fingerprint density at radius 2 is 1.85 bits per heavy atom. The molecule has 0 aliphatic rings. The molecule has 0 atom stereocenters. The maximum Gasteiger partial charge on any atom is 0.416 e. The van der Waals surface area contributed by atoms with Gasteiger partial charge in [0.05, 0.1) is 22.2 Å². The van der Waals surface area contributed by atoms with Gasteiger partial charge in [0.2, 0.25) is 11.7 Å². The first kappa shape index (κ1) is 23.0. The van der Waals surface area contributed by atoms with Gasteiger partial charge in [0.15, 0.2) is 5.16 Å². The Hall–Kier alpha value is -3.18. The number of methoxy groups -OCH3 is 1. The zero-order chi connectivity index (χ0) is 23.4. The Bertz CT molecular complexity index is 1300. The Kier molecular flexibility index (Phi) is 6.80. The van der Waals surface area contributed by atoms with E-state index in [1.54, 1.807) is 29.9 Å². The maximum absolute atomic E-state index is 13.0. The van der Waals surface area contributed by atoms with E-state index in [9.17, 15) is 18.0 Å². The zero-order valence-corrected chi connectivity index (χ0v) is 18.3. The van der Waals surface area contributed by atoms with Crippen molar-refractivity contribution in [2.24, 2.45) is 0 Å². The highest BCUT2D eigenvalue weighted by atomic mass is 32.2. The molecule has 172 valence electrons. The van der Waals surface area contributed by atoms with E-state index in [2.05, 4.69) is 15.1 Å². The summed E-state index contributed by atoms with van der Waals surface area (Å²) >= 11 is 1.27. The summed E-state index contributed by atoms with van der Waals surface area (Å²) in [7, 11) is 1.60. The van der Waals surface area contributed by atoms with Crippen LogP contribution < -0.4 is 5.56 Å². The summed E-state index contributed by atoms with van der Waals surface area (Å²) in [4.78, 5) is 21.9. The largest absolute Gasteiger partial charge is 0.416 e. The van der Waals surface area contributed by atoms with Crippen molar-refractivity contribution in [3.8, 4) is 11.4 Å². The van der Waals surface area contributed by atoms with Crippen LogP contribution in [0.4, 0.5) is 13.2 Å². The second-order valence-corrected chi connectivity index (χ2v) is 8.03. The fraction of sp³-hybridized carbons (Fsp3) is 0.273. The van der Waals surface area contributed by atoms with Crippen LogP contribution in [0, 0.1) is 0 Å². The molecule has 0 amide bonds. The molecule has 0 unspecified atom stereocenters. The summed E-state index contributed by atoms with van der Waals surface area (Å²) < 4.78 is 50.2. The number of thioether (sulfide) groups is 1. The summed E-state index contributed by atoms with van der Waals surface area (Å²) in [6.45, 7) is 0.941. The SMILES string of the molecule is COCCCn1c(SCc2nc(-c3ccc(C(F)(F)F)cc3)no2)nc2ccccc2c1=O. The van der Waals surface area contributed by atoms with Crippen molar-refractivity contribution in [1.82, 2.24) is 19.7 Å². The number of benzene rings is 2. The number of aromatic nitrogens is 4. The third-order valence-corrected chi connectivity index (χ3v) is 5.78. The van der Waals surface area contributed by atoms with E-state index < -0.39 is 11.7 Å². The molecule has 0 spiro atoms. The van der Waals surface area contributed by atoms with Crippen LogP contribution in [0.3, 0.4) is 0 Å². The number of rotatable bonds is 8. The molecular formula is C22H19F3N4O3S. The van der Waals surface area contributed by atoms with Crippen molar-refractivity contribution in [3.05, 3.63) is 70.3 Å². The van der Waals surface area contributed by atoms with E-state index >= 15 is 0 Å². The van der Waals surface area contributed by atoms with Gasteiger partial charge < -0.3 is 9.26 Å². The third kappa shape index (κ3) is 5.25. The van der Waals surface area contributed by atoms with Crippen LogP contribution in [0.2, 0.25) is 0 Å². The number of fused-ring (bicyclic) bond motifs is 1. The van der Waals surface area contributed by atoms with Gasteiger partial charge >= 0.3 is 6.18 Å². The van der Waals surface area contributed by atoms with Crippen LogP contribution in [0.25, 0.3) is 22.3 Å². The molecule has 0 saturated heterocycles. The lowest BCUT2D eigenvalue weighted by molar-refractivity contribution is -0.137. The fourth-order valence-electron chi connectivity index (χ4n) is 3.19. The molecular weight excluding hydrogens is 457 g/mol. The highest BCUT2D eigenvalue weighted by Crippen LogP contribution is 2.30. The first-order valence-corrected chi connectivity index (χ1v) is 11.0. The van der Waals surface area contributed by atoms with E-state index in [0.29, 0.717) is 41.2 Å². The van der Waals surface area contributed by atoms with Gasteiger partial charge in [0, 0.05) is 25.8 Å². The van der Waals surface area contributed by atoms with Crippen LogP contribution in [-0.2, 0) is 23.2 Å². The van der Waals surface area contributed by atoms with Gasteiger partial charge in [-0.25, -0.2) is 4.98 Å². The molecule has 4 rings (SSSR count). The summed E-state index contributed by atoms with van der Waals surface area (Å²) in [5.74, 6) is 0.687. The van der Waals surface area contributed by atoms with Crippen molar-refractivity contribution in [2.75, 3.05) is 13.7 Å². The van der Waals surface area contributed by atoms with Crippen LogP contribution >= 0.6 is 11.8 Å². The molecule has 0 aliphatic carbocycles. The summed E-state index contributed by atoms with van der Waals surface area (Å²) in [6.07, 6.45) is -3.77. The van der Waals surface area contributed by atoms with E-state index in [1.165, 1.54) is 23.9 Å². The second-order valence-electron chi connectivity index (χ2n) is 7.09. The lowest BCUT2D eigenvalue weighted by atomic mass is 10.1. The smallest absolute Gasteiger partial charge is 0.385 e. The Balaban J connectivity index is 1.54. The van der Waals surface area contributed by atoms with Crippen LogP contribution in [0.1, 0.15) is 17.9 Å². The fourth-order valence-corrected chi connectivity index (χ4v) is 4.05. The average molecular weight is 476 g/mol. The van der Waals surface area contributed by atoms with Gasteiger partial charge in [-0.3, -0.25) is 9.36 Å². The minimum absolute atomic E-state index is 0.143. The maximum atomic E-state index is 13.0. The number of alkyl halides is 3. The van der Waals surface area contributed by atoms with Crippen LogP contribution in [-0.4, -0.2) is 33.4 Å². The van der Waals surface area contributed by atoms with Crippen LogP contribution in [0.15, 0.2) is 63.0 Å². The summed E-state index contributed by atoms with van der Waals surface area (Å²) in [5.41, 5.74) is 0.0989. The summed E-state index contributed by atoms with van der Waals surface area (Å²) in [6, 6.07) is 11.6. The number of hydrogen-bond acceptors (Lipinski definition) is 7. The average Bonchev–Trinajstić information content (AvgIpc) is 3.28. The normalized spacial score (nSPS) is 11.9. The van der Waals surface area contributed by atoms with Gasteiger partial charge in [-0.2, -0.15) is 18.2 Å². The molecule has 0 bridgehead atoms. The third-order valence-electron chi connectivity index (χ3n) is 4.82. The number of nitrogens with zero attached hydrogens (tertiary/aromatic N) is 4. The van der Waals surface area contributed by atoms with Gasteiger partial charge in [-0.15, -0.1) is 0 Å². The highest BCUT2D eigenvalue weighted by Gasteiger charge is 2.30. The highest BCUT2D eigenvalue weighted by molar-refractivity contribution is 7.98. The van der Waals surface area contributed by atoms with Crippen LogP contribution in [0.5, 0.6) is 0 Å². The molecule has 0 fully saturated rings. The quantitative estimate of drug-likeness (QED) is 0.205. The number of hydrogen-bond donors (Lipinski definition) is 0. The predicted octanol–water partition coefficient (Wildman–Crippen LogP) is 4.79. The molecule has 0 aliphatic heterocycles. The van der Waals surface area contributed by atoms with Crippen molar-refractivity contribution in [1.29, 1.82) is 0 Å². The molecule has 0 radical (unpaired) electrons. The first-order valence-electron chi connectivity index (χ1n) is 9.98. The van der Waals surface area contributed by atoms with E-state index in [4.69, 9.17) is 9.26 Å². The van der Waals surface area contributed by atoms with Gasteiger partial charge in [-0.1, -0.05) is 41.2 Å². The van der Waals surface area contributed by atoms with Crippen molar-refractivity contribution in [3.63, 3.8) is 0 Å². The number of ether oxygens (including phenoxy) is 1. The molecule has 7 nitrogen and oxygen atoms in total. The lowest BCUT2D eigenvalue weighted by Crippen LogP contribution is -2.24. The lowest BCUT2D eigenvalue weighted by Gasteiger charge is -2.12. The molecule has 2 aromatic carbocycles. The van der Waals surface area contributed by atoms with Crippen molar-refractivity contribution < 1.29 is 22.4 Å². The minimum atomic E-state index is -4.41. The first-order chi connectivity index (χ1) is 15.9. The Labute approximate surface area is 190 Å². The Morgan fingerprint density at radius 1 is 1.09 bits per heavy atom. The minimum Gasteiger partial charge on any atom is -0.385 e. The predicted molar refractivity (Wildman–Crippen MR) is 117 cm³/mol. The molecule has 4 aromatic rings. The molecule has 11 heteroatoms. The second kappa shape index (κ2) is 9.75.